The van der Waals surface area contributed by atoms with Crippen molar-refractivity contribution in [3.8, 4) is 0 Å². The maximum absolute atomic E-state index is 13.4. The van der Waals surface area contributed by atoms with Gasteiger partial charge < -0.3 is 16.0 Å². The molecule has 0 saturated heterocycles. The van der Waals surface area contributed by atoms with Crippen LogP contribution in [0.25, 0.3) is 11.0 Å². The summed E-state index contributed by atoms with van der Waals surface area (Å²) in [6, 6.07) is 4.23. The number of hydrogen-bond donors (Lipinski definition) is 3. The molecule has 2 aromatic rings. The Morgan fingerprint density at radius 2 is 2.00 bits per heavy atom. The summed E-state index contributed by atoms with van der Waals surface area (Å²) in [4.78, 5) is 19.3. The smallest absolute Gasteiger partial charge is 0.350 e. The quantitative estimate of drug-likeness (QED) is 0.568. The highest BCUT2D eigenvalue weighted by Gasteiger charge is 2.37. The van der Waals surface area contributed by atoms with E-state index in [1.54, 1.807) is 25.1 Å². The summed E-state index contributed by atoms with van der Waals surface area (Å²) in [6.45, 7) is 1.68. The lowest BCUT2D eigenvalue weighted by Crippen LogP contribution is -2.31. The minimum Gasteiger partial charge on any atom is -0.350 e. The third kappa shape index (κ3) is 5.68. The molecule has 166 valence electrons. The van der Waals surface area contributed by atoms with Gasteiger partial charge >= 0.3 is 6.18 Å². The Morgan fingerprint density at radius 3 is 2.63 bits per heavy atom. The first-order valence-electron chi connectivity index (χ1n) is 9.93. The van der Waals surface area contributed by atoms with E-state index in [1.165, 1.54) is 0 Å². The van der Waals surface area contributed by atoms with Gasteiger partial charge in [0.25, 0.3) is 0 Å². The van der Waals surface area contributed by atoms with Gasteiger partial charge in [-0.15, -0.1) is 0 Å². The second-order valence-electron chi connectivity index (χ2n) is 8.02. The molecule has 30 heavy (non-hydrogen) atoms. The lowest BCUT2D eigenvalue weighted by atomic mass is 9.82. The molecule has 1 aromatic carbocycles. The van der Waals surface area contributed by atoms with Gasteiger partial charge in [-0.05, 0) is 43.4 Å². The Kier molecular flexibility index (Phi) is 6.35. The van der Waals surface area contributed by atoms with Crippen LogP contribution < -0.4 is 11.1 Å². The molecule has 1 aliphatic carbocycles. The highest BCUT2D eigenvalue weighted by molar-refractivity contribution is 5.78. The van der Waals surface area contributed by atoms with E-state index in [2.05, 4.69) is 15.3 Å². The molecular weight excluding hydrogens is 407 g/mol. The number of aromatic amines is 1. The fourth-order valence-corrected chi connectivity index (χ4v) is 3.77. The number of imidazole rings is 1. The molecule has 0 spiro atoms. The van der Waals surface area contributed by atoms with Gasteiger partial charge in [0.2, 0.25) is 11.8 Å². The molecule has 4 N–H and O–H groups in total. The zero-order chi connectivity index (χ0) is 22.1. The van der Waals surface area contributed by atoms with Crippen LogP contribution in [-0.2, 0) is 4.79 Å². The van der Waals surface area contributed by atoms with E-state index in [-0.39, 0.29) is 18.8 Å². The van der Waals surface area contributed by atoms with Crippen molar-refractivity contribution in [2.45, 2.75) is 69.6 Å². The number of benzene rings is 1. The summed E-state index contributed by atoms with van der Waals surface area (Å²) in [5, 5.41) is 2.55. The van der Waals surface area contributed by atoms with Crippen LogP contribution in [0.15, 0.2) is 18.2 Å². The molecule has 1 aromatic heterocycles. The van der Waals surface area contributed by atoms with Gasteiger partial charge in [-0.25, -0.2) is 13.8 Å². The minimum atomic E-state index is -4.38. The number of carbonyl (C=O) groups is 1. The van der Waals surface area contributed by atoms with Crippen LogP contribution >= 0.6 is 0 Å². The largest absolute Gasteiger partial charge is 0.389 e. The summed E-state index contributed by atoms with van der Waals surface area (Å²) in [7, 11) is 0. The van der Waals surface area contributed by atoms with Crippen molar-refractivity contribution in [1.82, 2.24) is 15.3 Å². The number of hydrogen-bond acceptors (Lipinski definition) is 3. The van der Waals surface area contributed by atoms with Crippen LogP contribution in [0.1, 0.15) is 68.9 Å². The predicted molar refractivity (Wildman–Crippen MR) is 102 cm³/mol. The molecule has 0 bridgehead atoms. The van der Waals surface area contributed by atoms with E-state index < -0.39 is 42.9 Å². The highest BCUT2D eigenvalue weighted by atomic mass is 19.4. The molecule has 1 aliphatic rings. The molecule has 1 heterocycles. The average molecular weight is 432 g/mol. The van der Waals surface area contributed by atoms with E-state index in [0.29, 0.717) is 35.3 Å². The molecule has 3 rings (SSSR count). The predicted octanol–water partition coefficient (Wildman–Crippen LogP) is 4.91. The van der Waals surface area contributed by atoms with Gasteiger partial charge in [0, 0.05) is 19.3 Å². The molecule has 0 aliphatic heterocycles. The maximum atomic E-state index is 13.4. The molecule has 1 fully saturated rings. The van der Waals surface area contributed by atoms with Crippen LogP contribution in [0.2, 0.25) is 0 Å². The van der Waals surface area contributed by atoms with Gasteiger partial charge in [-0.3, -0.25) is 4.79 Å². The number of nitrogens with zero attached hydrogens (tertiary/aromatic N) is 1. The lowest BCUT2D eigenvalue weighted by molar-refractivity contribution is -0.144. The molecule has 1 saturated carbocycles. The van der Waals surface area contributed by atoms with Gasteiger partial charge in [0.15, 0.2) is 0 Å². The van der Waals surface area contributed by atoms with Crippen molar-refractivity contribution < 1.29 is 26.7 Å². The van der Waals surface area contributed by atoms with Crippen molar-refractivity contribution in [3.05, 3.63) is 29.6 Å². The number of nitrogens with one attached hydrogen (secondary N) is 2. The maximum Gasteiger partial charge on any atom is 0.389 e. The molecule has 2 atom stereocenters. The molecular formula is C20H25F5N4O. The van der Waals surface area contributed by atoms with Gasteiger partial charge in [-0.1, -0.05) is 6.07 Å². The Morgan fingerprint density at radius 1 is 1.33 bits per heavy atom. The minimum absolute atomic E-state index is 0.0866. The number of carbonyl (C=O) groups excluding carboxylic acids is 1. The fraction of sp³-hybridized carbons (Fsp3) is 0.600. The van der Waals surface area contributed by atoms with Crippen LogP contribution in [0.3, 0.4) is 0 Å². The van der Waals surface area contributed by atoms with Crippen molar-refractivity contribution in [2.24, 2.45) is 11.7 Å². The topological polar surface area (TPSA) is 83.8 Å². The third-order valence-corrected chi connectivity index (χ3v) is 5.62. The number of nitrogens with two attached hydrogens (primary N) is 1. The fourth-order valence-electron chi connectivity index (χ4n) is 3.77. The van der Waals surface area contributed by atoms with Crippen LogP contribution in [0.5, 0.6) is 0 Å². The Labute approximate surface area is 170 Å². The van der Waals surface area contributed by atoms with Crippen molar-refractivity contribution >= 4 is 16.9 Å². The van der Waals surface area contributed by atoms with Crippen molar-refractivity contribution in [1.29, 1.82) is 0 Å². The van der Waals surface area contributed by atoms with Crippen LogP contribution in [-0.4, -0.2) is 28.0 Å². The number of amides is 1. The molecule has 5 nitrogen and oxygen atoms in total. The van der Waals surface area contributed by atoms with Crippen molar-refractivity contribution in [2.75, 3.05) is 0 Å². The molecule has 0 radical (unpaired) electrons. The summed E-state index contributed by atoms with van der Waals surface area (Å²) in [5.74, 6) is -2.88. The number of rotatable bonds is 6. The Balaban J connectivity index is 1.66. The average Bonchev–Trinajstić information content (AvgIpc) is 3.08. The van der Waals surface area contributed by atoms with Gasteiger partial charge in [-0.2, -0.15) is 13.2 Å². The van der Waals surface area contributed by atoms with E-state index in [9.17, 15) is 26.7 Å². The number of alkyl halides is 5. The van der Waals surface area contributed by atoms with E-state index in [1.807, 2.05) is 0 Å². The number of halogens is 5. The molecule has 0 unspecified atom stereocenters. The molecule has 10 heteroatoms. The summed E-state index contributed by atoms with van der Waals surface area (Å²) < 4.78 is 63.5. The van der Waals surface area contributed by atoms with E-state index in [4.69, 9.17) is 5.73 Å². The summed E-state index contributed by atoms with van der Waals surface area (Å²) in [6.07, 6.45) is -5.87. The van der Waals surface area contributed by atoms with Crippen molar-refractivity contribution in [3.63, 3.8) is 0 Å². The normalized spacial score (nSPS) is 19.6. The van der Waals surface area contributed by atoms with Gasteiger partial charge in [0.1, 0.15) is 5.82 Å². The number of fused-ring (bicyclic) bond motifs is 1. The Bertz CT molecular complexity index is 885. The number of aromatic nitrogens is 2. The monoisotopic (exact) mass is 432 g/mol. The third-order valence-electron chi connectivity index (χ3n) is 5.62. The first-order chi connectivity index (χ1) is 13.9. The van der Waals surface area contributed by atoms with Gasteiger partial charge in [0.05, 0.1) is 29.5 Å². The first kappa shape index (κ1) is 22.5. The van der Waals surface area contributed by atoms with E-state index >= 15 is 0 Å². The number of H-pyrrole nitrogens is 1. The Hall–Kier alpha value is -2.23. The van der Waals surface area contributed by atoms with E-state index in [0.717, 1.165) is 0 Å². The van der Waals surface area contributed by atoms with Crippen LogP contribution in [0.4, 0.5) is 22.0 Å². The second kappa shape index (κ2) is 8.49. The zero-order valence-electron chi connectivity index (χ0n) is 16.5. The zero-order valence-corrected chi connectivity index (χ0v) is 16.5. The second-order valence-corrected chi connectivity index (χ2v) is 8.02. The lowest BCUT2D eigenvalue weighted by Gasteiger charge is -2.31. The SMILES string of the molecule is C[C@H](NC(=O)CCC(F)(F)F)c1ccc2nc([C@@H](N)C3CCC(F)(F)CC3)[nH]c2c1. The standard InChI is InChI=1S/C20H25F5N4O/c1-11(27-16(30)6-9-20(23,24)25)13-2-3-14-15(10-13)29-18(28-14)17(26)12-4-7-19(21,22)8-5-12/h2-3,10-12,17H,4-9,26H2,1H3,(H,27,30)(H,28,29)/t11-,17-/m0/s1. The molecule has 1 amide bonds. The highest BCUT2D eigenvalue weighted by Crippen LogP contribution is 2.40. The van der Waals surface area contributed by atoms with Crippen LogP contribution in [0, 0.1) is 5.92 Å². The first-order valence-corrected chi connectivity index (χ1v) is 9.93. The summed E-state index contributed by atoms with van der Waals surface area (Å²) >= 11 is 0. The summed E-state index contributed by atoms with van der Waals surface area (Å²) in [5.41, 5.74) is 8.27.